The maximum absolute atomic E-state index is 6.05. The van der Waals surface area contributed by atoms with Crippen molar-refractivity contribution in [3.05, 3.63) is 18.2 Å². The molecular weight excluding hydrogens is 162 g/mol. The van der Waals surface area contributed by atoms with E-state index in [-0.39, 0.29) is 0 Å². The lowest BCUT2D eigenvalue weighted by Gasteiger charge is -2.12. The highest BCUT2D eigenvalue weighted by atomic mass is 15.1. The van der Waals surface area contributed by atoms with Gasteiger partial charge in [0.05, 0.1) is 6.33 Å². The molecule has 1 aliphatic rings. The highest BCUT2D eigenvalue weighted by molar-refractivity contribution is 4.99. The molecule has 1 aromatic heterocycles. The summed E-state index contributed by atoms with van der Waals surface area (Å²) in [6.45, 7) is 3.09. The summed E-state index contributed by atoms with van der Waals surface area (Å²) < 4.78 is 2.18. The fourth-order valence-electron chi connectivity index (χ4n) is 1.71. The predicted molar refractivity (Wildman–Crippen MR) is 52.3 cm³/mol. The van der Waals surface area contributed by atoms with Crippen LogP contribution < -0.4 is 5.73 Å². The standard InChI is InChI=1S/C10H17N3/c1-2-9-5-12-7-13(9)6-10(11)8-3-4-8/h5,7-8,10H,2-4,6,11H2,1H3. The van der Waals surface area contributed by atoms with Gasteiger partial charge < -0.3 is 10.3 Å². The summed E-state index contributed by atoms with van der Waals surface area (Å²) in [4.78, 5) is 4.13. The Morgan fingerprint density at radius 2 is 2.46 bits per heavy atom. The van der Waals surface area contributed by atoms with Crippen LogP contribution in [0.15, 0.2) is 12.5 Å². The number of aryl methyl sites for hydroxylation is 1. The largest absolute Gasteiger partial charge is 0.333 e. The van der Waals surface area contributed by atoms with Crippen LogP contribution in [-0.2, 0) is 13.0 Å². The van der Waals surface area contributed by atoms with Crippen LogP contribution in [0.5, 0.6) is 0 Å². The first kappa shape index (κ1) is 8.75. The van der Waals surface area contributed by atoms with Gasteiger partial charge in [-0.05, 0) is 25.2 Å². The summed E-state index contributed by atoms with van der Waals surface area (Å²) in [5.41, 5.74) is 7.33. The molecule has 0 amide bonds. The Labute approximate surface area is 79.0 Å². The van der Waals surface area contributed by atoms with Crippen LogP contribution in [0.2, 0.25) is 0 Å². The number of aromatic nitrogens is 2. The van der Waals surface area contributed by atoms with Crippen LogP contribution in [0.1, 0.15) is 25.5 Å². The van der Waals surface area contributed by atoms with Crippen LogP contribution in [0.25, 0.3) is 0 Å². The maximum Gasteiger partial charge on any atom is 0.0948 e. The summed E-state index contributed by atoms with van der Waals surface area (Å²) in [5.74, 6) is 0.770. The molecule has 0 saturated heterocycles. The van der Waals surface area contributed by atoms with Crippen LogP contribution in [0.3, 0.4) is 0 Å². The Balaban J connectivity index is 1.99. The van der Waals surface area contributed by atoms with E-state index in [1.54, 1.807) is 0 Å². The normalized spacial score (nSPS) is 18.9. The van der Waals surface area contributed by atoms with Crippen LogP contribution in [0.4, 0.5) is 0 Å². The van der Waals surface area contributed by atoms with E-state index in [4.69, 9.17) is 5.73 Å². The third-order valence-corrected chi connectivity index (χ3v) is 2.80. The minimum Gasteiger partial charge on any atom is -0.333 e. The number of hydrogen-bond acceptors (Lipinski definition) is 2. The van der Waals surface area contributed by atoms with Crippen LogP contribution in [-0.4, -0.2) is 15.6 Å². The van der Waals surface area contributed by atoms with E-state index in [9.17, 15) is 0 Å². The Morgan fingerprint density at radius 3 is 3.08 bits per heavy atom. The monoisotopic (exact) mass is 179 g/mol. The molecule has 1 atom stereocenters. The van der Waals surface area contributed by atoms with Gasteiger partial charge in [0.1, 0.15) is 0 Å². The minimum atomic E-state index is 0.333. The van der Waals surface area contributed by atoms with E-state index in [0.717, 1.165) is 18.9 Å². The van der Waals surface area contributed by atoms with E-state index in [2.05, 4.69) is 16.5 Å². The van der Waals surface area contributed by atoms with E-state index in [1.807, 2.05) is 12.5 Å². The zero-order chi connectivity index (χ0) is 9.26. The van der Waals surface area contributed by atoms with Gasteiger partial charge in [0.15, 0.2) is 0 Å². The molecule has 0 radical (unpaired) electrons. The van der Waals surface area contributed by atoms with Gasteiger partial charge in [-0.15, -0.1) is 0 Å². The molecule has 0 aliphatic heterocycles. The molecule has 1 saturated carbocycles. The molecular formula is C10H17N3. The van der Waals surface area contributed by atoms with Crippen molar-refractivity contribution < 1.29 is 0 Å². The predicted octanol–water partition coefficient (Wildman–Crippen LogP) is 1.18. The minimum absolute atomic E-state index is 0.333. The van der Waals surface area contributed by atoms with Gasteiger partial charge >= 0.3 is 0 Å². The molecule has 3 nitrogen and oxygen atoms in total. The van der Waals surface area contributed by atoms with Crippen LogP contribution >= 0.6 is 0 Å². The zero-order valence-electron chi connectivity index (χ0n) is 8.11. The zero-order valence-corrected chi connectivity index (χ0v) is 8.11. The van der Waals surface area contributed by atoms with Gasteiger partial charge in [-0.1, -0.05) is 6.92 Å². The van der Waals surface area contributed by atoms with Crippen LogP contribution in [0, 0.1) is 5.92 Å². The summed E-state index contributed by atoms with van der Waals surface area (Å²) >= 11 is 0. The van der Waals surface area contributed by atoms with Crippen molar-refractivity contribution >= 4 is 0 Å². The van der Waals surface area contributed by atoms with Crippen molar-refractivity contribution in [1.29, 1.82) is 0 Å². The average molecular weight is 179 g/mol. The molecule has 0 spiro atoms. The Hall–Kier alpha value is -0.830. The number of nitrogens with two attached hydrogens (primary N) is 1. The van der Waals surface area contributed by atoms with Crippen molar-refractivity contribution in [2.75, 3.05) is 0 Å². The first-order valence-corrected chi connectivity index (χ1v) is 5.06. The molecule has 1 unspecified atom stereocenters. The molecule has 1 fully saturated rings. The Morgan fingerprint density at radius 1 is 1.69 bits per heavy atom. The molecule has 1 aromatic rings. The van der Waals surface area contributed by atoms with Gasteiger partial charge in [-0.2, -0.15) is 0 Å². The molecule has 0 bridgehead atoms. The van der Waals surface area contributed by atoms with Crippen molar-refractivity contribution in [1.82, 2.24) is 9.55 Å². The van der Waals surface area contributed by atoms with Gasteiger partial charge in [0.25, 0.3) is 0 Å². The molecule has 0 aromatic carbocycles. The van der Waals surface area contributed by atoms with E-state index >= 15 is 0 Å². The highest BCUT2D eigenvalue weighted by Gasteiger charge is 2.28. The van der Waals surface area contributed by atoms with Crippen molar-refractivity contribution in [2.45, 2.75) is 38.8 Å². The Bertz CT molecular complexity index is 275. The molecule has 1 heterocycles. The first-order valence-electron chi connectivity index (χ1n) is 5.06. The van der Waals surface area contributed by atoms with Gasteiger partial charge in [-0.25, -0.2) is 4.98 Å². The highest BCUT2D eigenvalue weighted by Crippen LogP contribution is 2.32. The lowest BCUT2D eigenvalue weighted by Crippen LogP contribution is -2.28. The number of imidazole rings is 1. The fraction of sp³-hybridized carbons (Fsp3) is 0.700. The second-order valence-electron chi connectivity index (χ2n) is 3.89. The number of hydrogen-bond donors (Lipinski definition) is 1. The second-order valence-corrected chi connectivity index (χ2v) is 3.89. The quantitative estimate of drug-likeness (QED) is 0.754. The first-order chi connectivity index (χ1) is 6.31. The molecule has 2 N–H and O–H groups in total. The van der Waals surface area contributed by atoms with Crippen molar-refractivity contribution in [2.24, 2.45) is 11.7 Å². The number of nitrogens with zero attached hydrogens (tertiary/aromatic N) is 2. The molecule has 1 aliphatic carbocycles. The van der Waals surface area contributed by atoms with Gasteiger partial charge in [0, 0.05) is 24.5 Å². The summed E-state index contributed by atoms with van der Waals surface area (Å²) in [6, 6.07) is 0.333. The topological polar surface area (TPSA) is 43.8 Å². The maximum atomic E-state index is 6.05. The Kier molecular flexibility index (Phi) is 2.36. The third kappa shape index (κ3) is 1.91. The smallest absolute Gasteiger partial charge is 0.0948 e. The average Bonchev–Trinajstić information content (AvgIpc) is 2.88. The second kappa shape index (κ2) is 3.50. The van der Waals surface area contributed by atoms with Crippen molar-refractivity contribution in [3.8, 4) is 0 Å². The van der Waals surface area contributed by atoms with E-state index in [0.29, 0.717) is 6.04 Å². The third-order valence-electron chi connectivity index (χ3n) is 2.80. The fourth-order valence-corrected chi connectivity index (χ4v) is 1.71. The molecule has 3 heteroatoms. The lowest BCUT2D eigenvalue weighted by molar-refractivity contribution is 0.493. The molecule has 13 heavy (non-hydrogen) atoms. The summed E-state index contributed by atoms with van der Waals surface area (Å²) in [5, 5.41) is 0. The molecule has 72 valence electrons. The van der Waals surface area contributed by atoms with Crippen molar-refractivity contribution in [3.63, 3.8) is 0 Å². The van der Waals surface area contributed by atoms with Gasteiger partial charge in [-0.3, -0.25) is 0 Å². The SMILES string of the molecule is CCc1cncn1CC(N)C1CC1. The lowest BCUT2D eigenvalue weighted by atomic mass is 10.2. The van der Waals surface area contributed by atoms with E-state index in [1.165, 1.54) is 18.5 Å². The van der Waals surface area contributed by atoms with Gasteiger partial charge in [0.2, 0.25) is 0 Å². The molecule has 2 rings (SSSR count). The van der Waals surface area contributed by atoms with E-state index < -0.39 is 0 Å². The summed E-state index contributed by atoms with van der Waals surface area (Å²) in [7, 11) is 0. The summed E-state index contributed by atoms with van der Waals surface area (Å²) in [6.07, 6.45) is 7.49. The number of rotatable bonds is 4.